The molecule has 0 bridgehead atoms. The van der Waals surface area contributed by atoms with Crippen LogP contribution in [0.4, 0.5) is 0 Å². The van der Waals surface area contributed by atoms with E-state index in [1.165, 1.54) is 0 Å². The Morgan fingerprint density at radius 1 is 1.07 bits per heavy atom. The van der Waals surface area contributed by atoms with Gasteiger partial charge in [0.15, 0.2) is 5.60 Å². The zero-order valence-electron chi connectivity index (χ0n) is 18.4. The van der Waals surface area contributed by atoms with Gasteiger partial charge in [0.25, 0.3) is 5.91 Å². The predicted molar refractivity (Wildman–Crippen MR) is 119 cm³/mol. The van der Waals surface area contributed by atoms with Crippen molar-refractivity contribution in [3.05, 3.63) is 60.2 Å². The van der Waals surface area contributed by atoms with Crippen LogP contribution in [0.15, 0.2) is 54.6 Å². The summed E-state index contributed by atoms with van der Waals surface area (Å²) in [7, 11) is 3.48. The molecular weight excluding hydrogens is 376 g/mol. The highest BCUT2D eigenvalue weighted by molar-refractivity contribution is 5.87. The lowest BCUT2D eigenvalue weighted by Gasteiger charge is -2.43. The van der Waals surface area contributed by atoms with E-state index < -0.39 is 5.60 Å². The van der Waals surface area contributed by atoms with E-state index in [1.54, 1.807) is 23.9 Å². The zero-order valence-corrected chi connectivity index (χ0v) is 18.4. The van der Waals surface area contributed by atoms with Crippen molar-refractivity contribution in [2.24, 2.45) is 5.92 Å². The highest BCUT2D eigenvalue weighted by Crippen LogP contribution is 2.31. The van der Waals surface area contributed by atoms with Gasteiger partial charge in [0.2, 0.25) is 5.91 Å². The summed E-state index contributed by atoms with van der Waals surface area (Å²) < 4.78 is 6.18. The van der Waals surface area contributed by atoms with Gasteiger partial charge in [-0.3, -0.25) is 9.59 Å². The molecule has 2 aromatic carbocycles. The van der Waals surface area contributed by atoms with Gasteiger partial charge in [-0.1, -0.05) is 68.4 Å². The Balaban J connectivity index is 1.96. The molecule has 1 atom stereocenters. The van der Waals surface area contributed by atoms with E-state index in [-0.39, 0.29) is 24.3 Å². The molecule has 2 aromatic rings. The van der Waals surface area contributed by atoms with Crippen LogP contribution < -0.4 is 0 Å². The maximum absolute atomic E-state index is 13.3. The average Bonchev–Trinajstić information content (AvgIpc) is 2.74. The van der Waals surface area contributed by atoms with Crippen molar-refractivity contribution in [2.45, 2.75) is 32.3 Å². The lowest BCUT2D eigenvalue weighted by atomic mass is 9.87. The monoisotopic (exact) mass is 408 g/mol. The molecule has 0 saturated carbocycles. The second kappa shape index (κ2) is 9.43. The molecule has 1 heterocycles. The summed E-state index contributed by atoms with van der Waals surface area (Å²) in [5.41, 5.74) is 2.14. The Bertz CT molecular complexity index is 879. The molecule has 1 saturated heterocycles. The second-order valence-electron chi connectivity index (χ2n) is 8.66. The molecule has 3 rings (SSSR count). The number of morpholine rings is 1. The average molecular weight is 409 g/mol. The Labute approximate surface area is 179 Å². The summed E-state index contributed by atoms with van der Waals surface area (Å²) in [6.07, 6.45) is 0.896. The summed E-state index contributed by atoms with van der Waals surface area (Å²) in [6.45, 7) is 5.23. The van der Waals surface area contributed by atoms with Gasteiger partial charge in [-0.25, -0.2) is 0 Å². The molecule has 0 N–H and O–H groups in total. The Morgan fingerprint density at radius 2 is 1.73 bits per heavy atom. The Morgan fingerprint density at radius 3 is 2.40 bits per heavy atom. The van der Waals surface area contributed by atoms with Crippen LogP contribution in [0.2, 0.25) is 0 Å². The van der Waals surface area contributed by atoms with E-state index in [2.05, 4.69) is 18.2 Å². The molecule has 0 unspecified atom stereocenters. The number of carbonyl (C=O) groups is 2. The molecule has 1 aliphatic heterocycles. The van der Waals surface area contributed by atoms with E-state index in [9.17, 15) is 9.59 Å². The van der Waals surface area contributed by atoms with Gasteiger partial charge in [-0.05, 0) is 22.6 Å². The number of hydrogen-bond acceptors (Lipinski definition) is 3. The largest absolute Gasteiger partial charge is 0.361 e. The van der Waals surface area contributed by atoms with Gasteiger partial charge >= 0.3 is 0 Å². The van der Waals surface area contributed by atoms with Crippen molar-refractivity contribution < 1.29 is 14.3 Å². The van der Waals surface area contributed by atoms with Crippen molar-refractivity contribution >= 4 is 11.8 Å². The number of rotatable bonds is 6. The van der Waals surface area contributed by atoms with E-state index >= 15 is 0 Å². The number of amides is 2. The van der Waals surface area contributed by atoms with Crippen molar-refractivity contribution in [3.63, 3.8) is 0 Å². The second-order valence-corrected chi connectivity index (χ2v) is 8.66. The lowest BCUT2D eigenvalue weighted by Crippen LogP contribution is -2.61. The van der Waals surface area contributed by atoms with Gasteiger partial charge in [0.1, 0.15) is 0 Å². The van der Waals surface area contributed by atoms with Crippen LogP contribution in [-0.4, -0.2) is 61.0 Å². The van der Waals surface area contributed by atoms with Crippen LogP contribution in [-0.2, 0) is 20.7 Å². The maximum Gasteiger partial charge on any atom is 0.256 e. The molecule has 2 amide bonds. The van der Waals surface area contributed by atoms with Crippen LogP contribution in [0.25, 0.3) is 11.1 Å². The van der Waals surface area contributed by atoms with Crippen LogP contribution in [0.5, 0.6) is 0 Å². The minimum Gasteiger partial charge on any atom is -0.361 e. The summed E-state index contributed by atoms with van der Waals surface area (Å²) >= 11 is 0. The van der Waals surface area contributed by atoms with Gasteiger partial charge in [0.05, 0.1) is 13.2 Å². The quantitative estimate of drug-likeness (QED) is 0.733. The molecule has 0 aliphatic carbocycles. The number of hydrogen-bond donors (Lipinski definition) is 0. The molecular formula is C25H32N2O3. The third-order valence-corrected chi connectivity index (χ3v) is 5.50. The molecule has 160 valence electrons. The number of benzene rings is 2. The van der Waals surface area contributed by atoms with E-state index in [0.29, 0.717) is 26.0 Å². The molecule has 5 nitrogen and oxygen atoms in total. The molecule has 0 spiro atoms. The molecule has 30 heavy (non-hydrogen) atoms. The van der Waals surface area contributed by atoms with E-state index in [0.717, 1.165) is 16.7 Å². The molecule has 1 fully saturated rings. The molecule has 0 radical (unpaired) electrons. The summed E-state index contributed by atoms with van der Waals surface area (Å²) in [4.78, 5) is 29.5. The normalized spacial score (nSPS) is 19.0. The van der Waals surface area contributed by atoms with E-state index in [1.807, 2.05) is 50.2 Å². The van der Waals surface area contributed by atoms with Gasteiger partial charge < -0.3 is 14.5 Å². The predicted octanol–water partition coefficient (Wildman–Crippen LogP) is 3.63. The summed E-state index contributed by atoms with van der Waals surface area (Å²) in [5.74, 6) is 0.256. The fourth-order valence-electron chi connectivity index (χ4n) is 4.08. The molecule has 5 heteroatoms. The van der Waals surface area contributed by atoms with Crippen LogP contribution >= 0.6 is 0 Å². The third-order valence-electron chi connectivity index (χ3n) is 5.50. The standard InChI is InChI=1S/C25H32N2O3/c1-19(2)16-23(28)27-14-15-30-25(18-27,24(29)26(3)4)17-21-12-8-9-13-22(21)20-10-6-5-7-11-20/h5-13,19H,14-18H2,1-4H3/t25-/m1/s1. The Hall–Kier alpha value is -2.66. The third kappa shape index (κ3) is 4.90. The minimum absolute atomic E-state index is 0.0839. The fourth-order valence-corrected chi connectivity index (χ4v) is 4.08. The van der Waals surface area contributed by atoms with Crippen molar-refractivity contribution in [1.82, 2.24) is 9.80 Å². The summed E-state index contributed by atoms with van der Waals surface area (Å²) in [5, 5.41) is 0. The fraction of sp³-hybridized carbons (Fsp3) is 0.440. The van der Waals surface area contributed by atoms with Gasteiger partial charge in [0, 0.05) is 33.5 Å². The maximum atomic E-state index is 13.3. The highest BCUT2D eigenvalue weighted by Gasteiger charge is 2.46. The minimum atomic E-state index is -1.08. The van der Waals surface area contributed by atoms with E-state index in [4.69, 9.17) is 4.74 Å². The van der Waals surface area contributed by atoms with Crippen molar-refractivity contribution in [3.8, 4) is 11.1 Å². The van der Waals surface area contributed by atoms with Crippen molar-refractivity contribution in [2.75, 3.05) is 33.8 Å². The van der Waals surface area contributed by atoms with Crippen LogP contribution in [0.1, 0.15) is 25.8 Å². The van der Waals surface area contributed by atoms with Crippen molar-refractivity contribution in [1.29, 1.82) is 0 Å². The highest BCUT2D eigenvalue weighted by atomic mass is 16.5. The SMILES string of the molecule is CC(C)CC(=O)N1CCO[C@@](Cc2ccccc2-c2ccccc2)(C(=O)N(C)C)C1. The lowest BCUT2D eigenvalue weighted by molar-refractivity contribution is -0.172. The number of likely N-dealkylation sites (N-methyl/N-ethyl adjacent to an activating group) is 1. The first-order valence-electron chi connectivity index (χ1n) is 10.6. The Kier molecular flexibility index (Phi) is 6.93. The zero-order chi connectivity index (χ0) is 21.7. The smallest absolute Gasteiger partial charge is 0.256 e. The molecule has 1 aliphatic rings. The number of carbonyl (C=O) groups excluding carboxylic acids is 2. The van der Waals surface area contributed by atoms with Crippen LogP contribution in [0, 0.1) is 5.92 Å². The topological polar surface area (TPSA) is 49.9 Å². The number of nitrogens with zero attached hydrogens (tertiary/aromatic N) is 2. The first-order chi connectivity index (χ1) is 14.3. The summed E-state index contributed by atoms with van der Waals surface area (Å²) in [6, 6.07) is 18.3. The van der Waals surface area contributed by atoms with Gasteiger partial charge in [-0.15, -0.1) is 0 Å². The number of ether oxygens (including phenoxy) is 1. The molecule has 0 aromatic heterocycles. The van der Waals surface area contributed by atoms with Crippen LogP contribution in [0.3, 0.4) is 0 Å². The first kappa shape index (κ1) is 22.0. The van der Waals surface area contributed by atoms with Gasteiger partial charge in [-0.2, -0.15) is 0 Å². The first-order valence-corrected chi connectivity index (χ1v) is 10.6.